The third kappa shape index (κ3) is 2.16. The number of benzene rings is 1. The zero-order valence-electron chi connectivity index (χ0n) is 6.53. The lowest BCUT2D eigenvalue weighted by Crippen LogP contribution is -2.11. The van der Waals surface area contributed by atoms with Crippen LogP contribution in [0.15, 0.2) is 12.1 Å². The summed E-state index contributed by atoms with van der Waals surface area (Å²) in [4.78, 5) is 11.0. The molecule has 0 saturated heterocycles. The highest BCUT2D eigenvalue weighted by Gasteiger charge is 2.24. The summed E-state index contributed by atoms with van der Waals surface area (Å²) in [5, 5.41) is -0.366. The summed E-state index contributed by atoms with van der Waals surface area (Å²) < 4.78 is 24.2. The minimum atomic E-state index is -3.15. The maximum Gasteiger partial charge on any atom is 0.300 e. The predicted molar refractivity (Wildman–Crippen MR) is 51.8 cm³/mol. The second kappa shape index (κ2) is 4.43. The zero-order chi connectivity index (χ0) is 10.9. The third-order valence-corrected chi connectivity index (χ3v) is 2.61. The Morgan fingerprint density at radius 2 is 1.64 bits per heavy atom. The van der Waals surface area contributed by atoms with Crippen LogP contribution >= 0.6 is 34.8 Å². The van der Waals surface area contributed by atoms with Crippen molar-refractivity contribution in [3.63, 3.8) is 0 Å². The smallest absolute Gasteiger partial charge is 0.288 e. The van der Waals surface area contributed by atoms with E-state index >= 15 is 0 Å². The van der Waals surface area contributed by atoms with Crippen molar-refractivity contribution in [3.05, 3.63) is 32.8 Å². The summed E-state index contributed by atoms with van der Waals surface area (Å²) in [6.07, 6.45) is -3.15. The number of alkyl halides is 2. The molecule has 0 aliphatic carbocycles. The van der Waals surface area contributed by atoms with E-state index in [9.17, 15) is 13.6 Å². The fourth-order valence-corrected chi connectivity index (χ4v) is 1.58. The maximum absolute atomic E-state index is 12.1. The van der Waals surface area contributed by atoms with Crippen molar-refractivity contribution in [1.29, 1.82) is 0 Å². The highest BCUT2D eigenvalue weighted by molar-refractivity contribution is 6.46. The van der Waals surface area contributed by atoms with Gasteiger partial charge >= 0.3 is 6.43 Å². The Balaban J connectivity index is 3.33. The number of hydrogen-bond acceptors (Lipinski definition) is 1. The van der Waals surface area contributed by atoms with Crippen LogP contribution in [0, 0.1) is 0 Å². The normalized spacial score (nSPS) is 10.7. The molecule has 0 saturated carbocycles. The SMILES string of the molecule is O=C(c1c(Cl)ccc(Cl)c1Cl)C(F)F. The number of rotatable bonds is 2. The fourth-order valence-electron chi connectivity index (χ4n) is 0.862. The van der Waals surface area contributed by atoms with Crippen LogP contribution in [0.4, 0.5) is 8.78 Å². The average Bonchev–Trinajstić information content (AvgIpc) is 2.12. The summed E-state index contributed by atoms with van der Waals surface area (Å²) in [6, 6.07) is 2.57. The van der Waals surface area contributed by atoms with Gasteiger partial charge in [-0.05, 0) is 12.1 Å². The van der Waals surface area contributed by atoms with Gasteiger partial charge in [-0.25, -0.2) is 8.78 Å². The standard InChI is InChI=1S/C8H3Cl3F2O/c9-3-1-2-4(10)6(11)5(3)7(14)8(12)13/h1-2,8H. The van der Waals surface area contributed by atoms with Crippen molar-refractivity contribution in [2.75, 3.05) is 0 Å². The first-order chi connectivity index (χ1) is 6.45. The first kappa shape index (κ1) is 11.7. The van der Waals surface area contributed by atoms with Gasteiger partial charge in [-0.1, -0.05) is 34.8 Å². The van der Waals surface area contributed by atoms with Crippen LogP contribution in [-0.2, 0) is 0 Å². The van der Waals surface area contributed by atoms with Crippen molar-refractivity contribution in [1.82, 2.24) is 0 Å². The van der Waals surface area contributed by atoms with Gasteiger partial charge in [0, 0.05) is 0 Å². The minimum absolute atomic E-state index is 0.0140. The Bertz CT molecular complexity index is 379. The van der Waals surface area contributed by atoms with E-state index in [0.717, 1.165) is 0 Å². The molecule has 0 unspecified atom stereocenters. The molecule has 0 atom stereocenters. The Morgan fingerprint density at radius 3 is 2.14 bits per heavy atom. The average molecular weight is 259 g/mol. The molecule has 1 aromatic carbocycles. The molecule has 14 heavy (non-hydrogen) atoms. The van der Waals surface area contributed by atoms with Gasteiger partial charge in [-0.2, -0.15) is 0 Å². The van der Waals surface area contributed by atoms with Gasteiger partial charge < -0.3 is 0 Å². The van der Waals surface area contributed by atoms with E-state index in [4.69, 9.17) is 34.8 Å². The van der Waals surface area contributed by atoms with E-state index in [1.165, 1.54) is 12.1 Å². The highest BCUT2D eigenvalue weighted by atomic mass is 35.5. The van der Waals surface area contributed by atoms with Gasteiger partial charge in [-0.15, -0.1) is 0 Å². The number of Topliss-reactive ketones (excluding diaryl/α,β-unsaturated/α-hetero) is 1. The van der Waals surface area contributed by atoms with Crippen molar-refractivity contribution in [2.24, 2.45) is 0 Å². The third-order valence-electron chi connectivity index (χ3n) is 1.49. The summed E-state index contributed by atoms with van der Waals surface area (Å²) in [7, 11) is 0. The van der Waals surface area contributed by atoms with Crippen LogP contribution in [0.5, 0.6) is 0 Å². The van der Waals surface area contributed by atoms with E-state index in [-0.39, 0.29) is 15.1 Å². The van der Waals surface area contributed by atoms with Gasteiger partial charge in [0.1, 0.15) is 0 Å². The highest BCUT2D eigenvalue weighted by Crippen LogP contribution is 2.32. The second-order valence-corrected chi connectivity index (χ2v) is 3.58. The van der Waals surface area contributed by atoms with Crippen LogP contribution in [0.1, 0.15) is 10.4 Å². The molecule has 0 bridgehead atoms. The first-order valence-electron chi connectivity index (χ1n) is 3.41. The van der Waals surface area contributed by atoms with Gasteiger partial charge in [0.2, 0.25) is 5.78 Å². The van der Waals surface area contributed by atoms with Crippen molar-refractivity contribution in [2.45, 2.75) is 6.43 Å². The zero-order valence-corrected chi connectivity index (χ0v) is 8.80. The lowest BCUT2D eigenvalue weighted by molar-refractivity contribution is 0.0679. The molecule has 0 N–H and O–H groups in total. The molecule has 1 aromatic rings. The van der Waals surface area contributed by atoms with E-state index in [0.29, 0.717) is 0 Å². The molecule has 0 amide bonds. The van der Waals surface area contributed by atoms with Gasteiger partial charge in [0.15, 0.2) is 0 Å². The summed E-state index contributed by atoms with van der Waals surface area (Å²) in [5.74, 6) is -1.43. The minimum Gasteiger partial charge on any atom is -0.288 e. The van der Waals surface area contributed by atoms with Gasteiger partial charge in [0.05, 0.1) is 20.6 Å². The molecular weight excluding hydrogens is 256 g/mol. The van der Waals surface area contributed by atoms with Crippen molar-refractivity contribution >= 4 is 40.6 Å². The molecule has 1 nitrogen and oxygen atoms in total. The lowest BCUT2D eigenvalue weighted by atomic mass is 10.1. The summed E-state index contributed by atoms with van der Waals surface area (Å²) in [5.41, 5.74) is -0.434. The van der Waals surface area contributed by atoms with E-state index < -0.39 is 17.8 Å². The molecule has 0 aliphatic heterocycles. The maximum atomic E-state index is 12.1. The topological polar surface area (TPSA) is 17.1 Å². The molecule has 76 valence electrons. The van der Waals surface area contributed by atoms with Crippen molar-refractivity contribution < 1.29 is 13.6 Å². The molecule has 6 heteroatoms. The molecular formula is C8H3Cl3F2O. The Morgan fingerprint density at radius 1 is 1.14 bits per heavy atom. The van der Waals surface area contributed by atoms with E-state index in [1.54, 1.807) is 0 Å². The van der Waals surface area contributed by atoms with Crippen LogP contribution in [0.2, 0.25) is 15.1 Å². The van der Waals surface area contributed by atoms with Crippen LogP contribution in [0.25, 0.3) is 0 Å². The monoisotopic (exact) mass is 258 g/mol. The lowest BCUT2D eigenvalue weighted by Gasteiger charge is -2.06. The second-order valence-electron chi connectivity index (χ2n) is 2.38. The molecule has 0 heterocycles. The van der Waals surface area contributed by atoms with Gasteiger partial charge in [-0.3, -0.25) is 4.79 Å². The van der Waals surface area contributed by atoms with Crippen LogP contribution < -0.4 is 0 Å². The first-order valence-corrected chi connectivity index (χ1v) is 4.54. The molecule has 0 fully saturated rings. The Kier molecular flexibility index (Phi) is 3.70. The molecule has 0 aliphatic rings. The molecule has 0 spiro atoms. The summed E-state index contributed by atoms with van der Waals surface area (Å²) in [6.45, 7) is 0. The molecule has 0 aromatic heterocycles. The number of ketones is 1. The van der Waals surface area contributed by atoms with E-state index in [1.807, 2.05) is 0 Å². The fraction of sp³-hybridized carbons (Fsp3) is 0.125. The number of carbonyl (C=O) groups is 1. The Labute approximate surface area is 93.6 Å². The predicted octanol–water partition coefficient (Wildman–Crippen LogP) is 4.09. The number of carbonyl (C=O) groups excluding carboxylic acids is 1. The number of hydrogen-bond donors (Lipinski definition) is 0. The number of halogens is 5. The largest absolute Gasteiger partial charge is 0.300 e. The van der Waals surface area contributed by atoms with Gasteiger partial charge in [0.25, 0.3) is 0 Å². The van der Waals surface area contributed by atoms with E-state index in [2.05, 4.69) is 0 Å². The Hall–Kier alpha value is -0.380. The molecule has 1 rings (SSSR count). The van der Waals surface area contributed by atoms with Crippen LogP contribution in [-0.4, -0.2) is 12.2 Å². The van der Waals surface area contributed by atoms with Crippen LogP contribution in [0.3, 0.4) is 0 Å². The van der Waals surface area contributed by atoms with Crippen molar-refractivity contribution in [3.8, 4) is 0 Å². The molecule has 0 radical (unpaired) electrons. The quantitative estimate of drug-likeness (QED) is 0.577. The summed E-state index contributed by atoms with van der Waals surface area (Å²) >= 11 is 16.7.